The molecule has 0 saturated carbocycles. The standard InChI is InChI=1S/C19H18FN3O.ClH/c1-22-12-18(24)19(13-4-2-6-15(20)10-13)23-9-8-16-14(11-21)5-3-7-17(16)23;/h2-10,18-19,22,24H,12H2,1H3;1H/t18-,19-;/m0./s1. The van der Waals surface area contributed by atoms with Crippen molar-refractivity contribution in [3.8, 4) is 6.07 Å². The number of fused-ring (bicyclic) bond motifs is 1. The summed E-state index contributed by atoms with van der Waals surface area (Å²) in [5.41, 5.74) is 2.09. The summed E-state index contributed by atoms with van der Waals surface area (Å²) in [5.74, 6) is -0.344. The van der Waals surface area contributed by atoms with E-state index in [2.05, 4.69) is 11.4 Å². The number of benzene rings is 2. The van der Waals surface area contributed by atoms with E-state index in [-0.39, 0.29) is 18.2 Å². The zero-order chi connectivity index (χ0) is 17.1. The average Bonchev–Trinajstić information content (AvgIpc) is 2.99. The minimum atomic E-state index is -0.752. The van der Waals surface area contributed by atoms with Crippen LogP contribution < -0.4 is 5.32 Å². The van der Waals surface area contributed by atoms with Gasteiger partial charge in [0.25, 0.3) is 0 Å². The molecule has 2 atom stereocenters. The number of halogens is 2. The highest BCUT2D eigenvalue weighted by molar-refractivity contribution is 5.86. The molecule has 3 aromatic rings. The van der Waals surface area contributed by atoms with Crippen LogP contribution in [0.25, 0.3) is 10.9 Å². The summed E-state index contributed by atoms with van der Waals surface area (Å²) >= 11 is 0. The van der Waals surface area contributed by atoms with Crippen LogP contribution in [0.2, 0.25) is 0 Å². The molecule has 0 amide bonds. The van der Waals surface area contributed by atoms with Gasteiger partial charge < -0.3 is 15.0 Å². The molecule has 4 nitrogen and oxygen atoms in total. The Labute approximate surface area is 151 Å². The maximum atomic E-state index is 13.7. The monoisotopic (exact) mass is 359 g/mol. The smallest absolute Gasteiger partial charge is 0.123 e. The van der Waals surface area contributed by atoms with Crippen LogP contribution in [-0.4, -0.2) is 29.4 Å². The van der Waals surface area contributed by atoms with Crippen LogP contribution in [-0.2, 0) is 0 Å². The summed E-state index contributed by atoms with van der Waals surface area (Å²) in [6.07, 6.45) is 1.08. The van der Waals surface area contributed by atoms with Gasteiger partial charge in [-0.15, -0.1) is 12.4 Å². The van der Waals surface area contributed by atoms with Crippen molar-refractivity contribution in [2.75, 3.05) is 13.6 Å². The van der Waals surface area contributed by atoms with E-state index in [9.17, 15) is 14.8 Å². The first-order valence-corrected chi connectivity index (χ1v) is 7.73. The lowest BCUT2D eigenvalue weighted by Gasteiger charge is -2.26. The fraction of sp³-hybridized carbons (Fsp3) is 0.211. The van der Waals surface area contributed by atoms with Crippen molar-refractivity contribution in [2.45, 2.75) is 12.1 Å². The summed E-state index contributed by atoms with van der Waals surface area (Å²) in [4.78, 5) is 0. The van der Waals surface area contributed by atoms with Gasteiger partial charge in [0, 0.05) is 23.6 Å². The van der Waals surface area contributed by atoms with Crippen molar-refractivity contribution >= 4 is 23.3 Å². The van der Waals surface area contributed by atoms with Crippen molar-refractivity contribution in [1.82, 2.24) is 9.88 Å². The topological polar surface area (TPSA) is 61.0 Å². The highest BCUT2D eigenvalue weighted by Gasteiger charge is 2.24. The number of nitriles is 1. The Morgan fingerprint density at radius 1 is 1.24 bits per heavy atom. The minimum Gasteiger partial charge on any atom is -0.389 e. The predicted molar refractivity (Wildman–Crippen MR) is 98.4 cm³/mol. The van der Waals surface area contributed by atoms with E-state index in [0.29, 0.717) is 17.7 Å². The van der Waals surface area contributed by atoms with Crippen LogP contribution in [0.1, 0.15) is 17.2 Å². The number of hydrogen-bond acceptors (Lipinski definition) is 3. The Morgan fingerprint density at radius 2 is 2.00 bits per heavy atom. The van der Waals surface area contributed by atoms with E-state index >= 15 is 0 Å². The number of aromatic nitrogens is 1. The van der Waals surface area contributed by atoms with E-state index in [1.165, 1.54) is 12.1 Å². The van der Waals surface area contributed by atoms with Crippen LogP contribution in [0.15, 0.2) is 54.7 Å². The molecule has 0 fully saturated rings. The van der Waals surface area contributed by atoms with Crippen molar-refractivity contribution in [3.05, 3.63) is 71.7 Å². The van der Waals surface area contributed by atoms with Gasteiger partial charge in [0.2, 0.25) is 0 Å². The highest BCUT2D eigenvalue weighted by atomic mass is 35.5. The molecule has 2 N–H and O–H groups in total. The summed E-state index contributed by atoms with van der Waals surface area (Å²) < 4.78 is 15.6. The quantitative estimate of drug-likeness (QED) is 0.735. The SMILES string of the molecule is CNC[C@H](O)[C@H](c1cccc(F)c1)n1ccc2c(C#N)cccc21.Cl. The van der Waals surface area contributed by atoms with Gasteiger partial charge in [0.15, 0.2) is 0 Å². The number of aliphatic hydroxyl groups is 1. The number of nitrogens with zero attached hydrogens (tertiary/aromatic N) is 2. The molecule has 6 heteroatoms. The second kappa shape index (κ2) is 8.13. The predicted octanol–water partition coefficient (Wildman–Crippen LogP) is 3.24. The molecule has 0 aliphatic rings. The van der Waals surface area contributed by atoms with Crippen LogP contribution in [0.4, 0.5) is 4.39 Å². The molecule has 0 aliphatic carbocycles. The first kappa shape index (κ1) is 18.9. The Morgan fingerprint density at radius 3 is 2.68 bits per heavy atom. The van der Waals surface area contributed by atoms with E-state index in [1.54, 1.807) is 25.2 Å². The van der Waals surface area contributed by atoms with Crippen molar-refractivity contribution in [2.24, 2.45) is 0 Å². The van der Waals surface area contributed by atoms with Gasteiger partial charge in [-0.1, -0.05) is 18.2 Å². The Kier molecular flexibility index (Phi) is 6.16. The van der Waals surface area contributed by atoms with Gasteiger partial charge in [0.05, 0.1) is 23.8 Å². The molecule has 2 aromatic carbocycles. The van der Waals surface area contributed by atoms with Crippen LogP contribution in [0, 0.1) is 17.1 Å². The Balaban J connectivity index is 0.00000225. The van der Waals surface area contributed by atoms with E-state index < -0.39 is 12.1 Å². The third kappa shape index (κ3) is 3.67. The van der Waals surface area contributed by atoms with Gasteiger partial charge in [-0.2, -0.15) is 5.26 Å². The summed E-state index contributed by atoms with van der Waals surface area (Å²) in [7, 11) is 1.76. The second-order valence-electron chi connectivity index (χ2n) is 5.70. The van der Waals surface area contributed by atoms with Crippen LogP contribution in [0.5, 0.6) is 0 Å². The first-order valence-electron chi connectivity index (χ1n) is 7.73. The molecule has 130 valence electrons. The largest absolute Gasteiger partial charge is 0.389 e. The van der Waals surface area contributed by atoms with Gasteiger partial charge in [-0.05, 0) is 42.9 Å². The van der Waals surface area contributed by atoms with Gasteiger partial charge in [0.1, 0.15) is 5.82 Å². The molecule has 25 heavy (non-hydrogen) atoms. The molecule has 0 aliphatic heterocycles. The average molecular weight is 360 g/mol. The van der Waals surface area contributed by atoms with Gasteiger partial charge in [-0.3, -0.25) is 0 Å². The molecule has 0 radical (unpaired) electrons. The maximum absolute atomic E-state index is 13.7. The van der Waals surface area contributed by atoms with Crippen LogP contribution >= 0.6 is 12.4 Å². The lowest BCUT2D eigenvalue weighted by atomic mass is 10.0. The highest BCUT2D eigenvalue weighted by Crippen LogP contribution is 2.29. The minimum absolute atomic E-state index is 0. The van der Waals surface area contributed by atoms with Crippen molar-refractivity contribution in [3.63, 3.8) is 0 Å². The molecular weight excluding hydrogens is 341 g/mol. The van der Waals surface area contributed by atoms with E-state index in [4.69, 9.17) is 0 Å². The first-order chi connectivity index (χ1) is 11.7. The molecule has 0 saturated heterocycles. The maximum Gasteiger partial charge on any atom is 0.123 e. The molecular formula is C19H19ClFN3O. The lowest BCUT2D eigenvalue weighted by molar-refractivity contribution is 0.132. The number of rotatable bonds is 5. The number of likely N-dealkylation sites (N-methyl/N-ethyl adjacent to an activating group) is 1. The number of aliphatic hydroxyl groups excluding tert-OH is 1. The van der Waals surface area contributed by atoms with Gasteiger partial charge >= 0.3 is 0 Å². The summed E-state index contributed by atoms with van der Waals surface area (Å²) in [6.45, 7) is 0.360. The fourth-order valence-corrected chi connectivity index (χ4v) is 3.11. The van der Waals surface area contributed by atoms with E-state index in [0.717, 1.165) is 10.9 Å². The molecule has 0 unspecified atom stereocenters. The second-order valence-corrected chi connectivity index (χ2v) is 5.70. The Hall–Kier alpha value is -2.39. The van der Waals surface area contributed by atoms with Gasteiger partial charge in [-0.25, -0.2) is 4.39 Å². The number of nitrogens with one attached hydrogen (secondary N) is 1. The number of hydrogen-bond donors (Lipinski definition) is 2. The summed E-state index contributed by atoms with van der Waals surface area (Å²) in [5, 5.41) is 23.7. The zero-order valence-electron chi connectivity index (χ0n) is 13.7. The molecule has 1 aromatic heterocycles. The normalized spacial score (nSPS) is 13.0. The lowest BCUT2D eigenvalue weighted by Crippen LogP contribution is -2.33. The molecule has 0 bridgehead atoms. The third-order valence-electron chi connectivity index (χ3n) is 4.15. The van der Waals surface area contributed by atoms with Crippen molar-refractivity contribution < 1.29 is 9.50 Å². The fourth-order valence-electron chi connectivity index (χ4n) is 3.11. The molecule has 1 heterocycles. The Bertz CT molecular complexity index is 903. The van der Waals surface area contributed by atoms with Crippen molar-refractivity contribution in [1.29, 1.82) is 5.26 Å². The zero-order valence-corrected chi connectivity index (χ0v) is 14.5. The van der Waals surface area contributed by atoms with Crippen LogP contribution in [0.3, 0.4) is 0 Å². The summed E-state index contributed by atoms with van der Waals surface area (Å²) in [6, 6.07) is 15.3. The van der Waals surface area contributed by atoms with E-state index in [1.807, 2.05) is 29.0 Å². The molecule has 0 spiro atoms. The third-order valence-corrected chi connectivity index (χ3v) is 4.15. The molecule has 3 rings (SSSR count).